The van der Waals surface area contributed by atoms with E-state index in [2.05, 4.69) is 10.3 Å². The Morgan fingerprint density at radius 1 is 1.60 bits per heavy atom. The maximum atomic E-state index is 5.19. The van der Waals surface area contributed by atoms with Gasteiger partial charge in [0.25, 0.3) is 0 Å². The third-order valence-corrected chi connectivity index (χ3v) is 1.33. The fourth-order valence-electron chi connectivity index (χ4n) is 0.888. The molecular formula is C7H7N2O. The van der Waals surface area contributed by atoms with Crippen molar-refractivity contribution in [1.82, 2.24) is 4.98 Å². The lowest BCUT2D eigenvalue weighted by atomic mass is 10.4. The van der Waals surface area contributed by atoms with Crippen LogP contribution in [0.4, 0.5) is 5.69 Å². The highest BCUT2D eigenvalue weighted by molar-refractivity contribution is 5.54. The van der Waals surface area contributed by atoms with E-state index in [4.69, 9.17) is 4.74 Å². The molecule has 3 nitrogen and oxygen atoms in total. The molecule has 0 aromatic carbocycles. The van der Waals surface area contributed by atoms with Crippen LogP contribution in [0, 0.1) is 6.54 Å². The fourth-order valence-corrected chi connectivity index (χ4v) is 0.888. The Kier molecular flexibility index (Phi) is 1.20. The lowest BCUT2D eigenvalue weighted by Gasteiger charge is -2.16. The summed E-state index contributed by atoms with van der Waals surface area (Å²) in [5, 5.41) is 3.05. The third-order valence-electron chi connectivity index (χ3n) is 1.33. The standard InChI is InChI=1S/C7H7N2O/c1-2-6-7(9-3-1)10-5-4-8-6/h1-4,8H,5H2. The first kappa shape index (κ1) is 5.53. The van der Waals surface area contributed by atoms with E-state index in [0.717, 1.165) is 5.69 Å². The molecule has 1 radical (unpaired) electrons. The average Bonchev–Trinajstić information content (AvgIpc) is 2.05. The van der Waals surface area contributed by atoms with Crippen LogP contribution in [0.2, 0.25) is 0 Å². The second-order valence-electron chi connectivity index (χ2n) is 2.02. The van der Waals surface area contributed by atoms with Crippen LogP contribution < -0.4 is 10.1 Å². The molecule has 2 heterocycles. The maximum Gasteiger partial charge on any atom is 0.237 e. The number of hydrogen-bond acceptors (Lipinski definition) is 3. The molecule has 0 bridgehead atoms. The molecule has 1 N–H and O–H groups in total. The van der Waals surface area contributed by atoms with E-state index in [1.165, 1.54) is 0 Å². The first-order valence-electron chi connectivity index (χ1n) is 3.13. The summed E-state index contributed by atoms with van der Waals surface area (Å²) in [6.07, 6.45) is 1.71. The number of hydrogen-bond donors (Lipinski definition) is 1. The minimum Gasteiger partial charge on any atom is -0.474 e. The van der Waals surface area contributed by atoms with Gasteiger partial charge in [-0.2, -0.15) is 0 Å². The number of aromatic nitrogens is 1. The second-order valence-corrected chi connectivity index (χ2v) is 2.02. The van der Waals surface area contributed by atoms with Crippen LogP contribution in [0.5, 0.6) is 5.88 Å². The third kappa shape index (κ3) is 0.795. The highest BCUT2D eigenvalue weighted by Crippen LogP contribution is 2.23. The molecule has 0 saturated carbocycles. The van der Waals surface area contributed by atoms with Gasteiger partial charge in [-0.25, -0.2) is 4.98 Å². The molecule has 0 spiro atoms. The first-order valence-corrected chi connectivity index (χ1v) is 3.13. The van der Waals surface area contributed by atoms with Crippen LogP contribution in [0.25, 0.3) is 0 Å². The molecule has 0 saturated heterocycles. The molecule has 0 atom stereocenters. The SMILES string of the molecule is [CH]1COc2ncccc2N1. The molecule has 10 heavy (non-hydrogen) atoms. The molecule has 2 rings (SSSR count). The van der Waals surface area contributed by atoms with Crippen LogP contribution in [-0.2, 0) is 0 Å². The number of anilines is 1. The zero-order valence-corrected chi connectivity index (χ0v) is 5.37. The van der Waals surface area contributed by atoms with Crippen molar-refractivity contribution >= 4 is 5.69 Å². The van der Waals surface area contributed by atoms with Crippen molar-refractivity contribution in [2.24, 2.45) is 0 Å². The summed E-state index contributed by atoms with van der Waals surface area (Å²) in [6.45, 7) is 2.44. The molecule has 0 amide bonds. The van der Waals surface area contributed by atoms with E-state index in [-0.39, 0.29) is 0 Å². The van der Waals surface area contributed by atoms with E-state index in [9.17, 15) is 0 Å². The van der Waals surface area contributed by atoms with Gasteiger partial charge in [0.1, 0.15) is 6.61 Å². The van der Waals surface area contributed by atoms with Crippen molar-refractivity contribution in [1.29, 1.82) is 0 Å². The predicted molar refractivity (Wildman–Crippen MR) is 37.7 cm³/mol. The van der Waals surface area contributed by atoms with Crippen molar-refractivity contribution < 1.29 is 4.74 Å². The molecule has 51 valence electrons. The van der Waals surface area contributed by atoms with Gasteiger partial charge >= 0.3 is 0 Å². The summed E-state index contributed by atoms with van der Waals surface area (Å²) in [5.74, 6) is 0.685. The van der Waals surface area contributed by atoms with Gasteiger partial charge in [0.2, 0.25) is 5.88 Å². The van der Waals surface area contributed by atoms with Crippen molar-refractivity contribution in [2.45, 2.75) is 0 Å². The van der Waals surface area contributed by atoms with E-state index >= 15 is 0 Å². The van der Waals surface area contributed by atoms with Gasteiger partial charge in [0.15, 0.2) is 0 Å². The second kappa shape index (κ2) is 2.17. The molecule has 1 aliphatic heterocycles. The zero-order valence-electron chi connectivity index (χ0n) is 5.37. The van der Waals surface area contributed by atoms with Crippen LogP contribution in [0.3, 0.4) is 0 Å². The molecule has 1 aromatic heterocycles. The number of fused-ring (bicyclic) bond motifs is 1. The lowest BCUT2D eigenvalue weighted by Crippen LogP contribution is -2.13. The normalized spacial score (nSPS) is 14.8. The highest BCUT2D eigenvalue weighted by Gasteiger charge is 2.08. The van der Waals surface area contributed by atoms with Gasteiger partial charge in [-0.3, -0.25) is 0 Å². The monoisotopic (exact) mass is 135 g/mol. The molecule has 0 unspecified atom stereocenters. The van der Waals surface area contributed by atoms with Crippen LogP contribution >= 0.6 is 0 Å². The molecular weight excluding hydrogens is 128 g/mol. The summed E-state index contributed by atoms with van der Waals surface area (Å²) >= 11 is 0. The Morgan fingerprint density at radius 2 is 2.60 bits per heavy atom. The minimum absolute atomic E-state index is 0.587. The van der Waals surface area contributed by atoms with Crippen LogP contribution in [-0.4, -0.2) is 11.6 Å². The Balaban J connectivity index is 2.41. The van der Waals surface area contributed by atoms with E-state index < -0.39 is 0 Å². The number of nitrogens with zero attached hydrogens (tertiary/aromatic N) is 1. The summed E-state index contributed by atoms with van der Waals surface area (Å²) in [4.78, 5) is 4.01. The van der Waals surface area contributed by atoms with E-state index in [0.29, 0.717) is 12.5 Å². The van der Waals surface area contributed by atoms with Crippen molar-refractivity contribution in [3.05, 3.63) is 24.9 Å². The summed E-state index contributed by atoms with van der Waals surface area (Å²) in [5.41, 5.74) is 0.939. The molecule has 0 fully saturated rings. The highest BCUT2D eigenvalue weighted by atomic mass is 16.5. The molecule has 1 aliphatic rings. The summed E-state index contributed by atoms with van der Waals surface area (Å²) < 4.78 is 5.19. The van der Waals surface area contributed by atoms with Gasteiger partial charge in [-0.15, -0.1) is 0 Å². The number of rotatable bonds is 0. The lowest BCUT2D eigenvalue weighted by molar-refractivity contribution is 0.329. The van der Waals surface area contributed by atoms with Gasteiger partial charge in [-0.05, 0) is 12.1 Å². The number of pyridine rings is 1. The fraction of sp³-hybridized carbons (Fsp3) is 0.143. The van der Waals surface area contributed by atoms with Gasteiger partial charge < -0.3 is 10.1 Å². The van der Waals surface area contributed by atoms with Crippen molar-refractivity contribution in [2.75, 3.05) is 11.9 Å². The quantitative estimate of drug-likeness (QED) is 0.577. The number of nitrogens with one attached hydrogen (secondary N) is 1. The van der Waals surface area contributed by atoms with Crippen LogP contribution in [0.15, 0.2) is 18.3 Å². The largest absolute Gasteiger partial charge is 0.474 e. The minimum atomic E-state index is 0.587. The zero-order chi connectivity index (χ0) is 6.81. The number of ether oxygens (including phenoxy) is 1. The van der Waals surface area contributed by atoms with Gasteiger partial charge in [-0.1, -0.05) is 0 Å². The maximum absolute atomic E-state index is 5.19. The average molecular weight is 135 g/mol. The first-order chi connectivity index (χ1) is 4.97. The Bertz CT molecular complexity index is 212. The van der Waals surface area contributed by atoms with Crippen LogP contribution in [0.1, 0.15) is 0 Å². The summed E-state index contributed by atoms with van der Waals surface area (Å²) in [6, 6.07) is 3.80. The van der Waals surface area contributed by atoms with Crippen molar-refractivity contribution in [3.8, 4) is 5.88 Å². The molecule has 1 aromatic rings. The molecule has 0 aliphatic carbocycles. The van der Waals surface area contributed by atoms with E-state index in [1.54, 1.807) is 6.20 Å². The Labute approximate surface area is 59.0 Å². The Hall–Kier alpha value is -1.25. The Morgan fingerprint density at radius 3 is 3.50 bits per heavy atom. The summed E-state index contributed by atoms with van der Waals surface area (Å²) in [7, 11) is 0. The molecule has 3 heteroatoms. The van der Waals surface area contributed by atoms with E-state index in [1.807, 2.05) is 18.7 Å². The van der Waals surface area contributed by atoms with Gasteiger partial charge in [0, 0.05) is 6.20 Å². The van der Waals surface area contributed by atoms with Gasteiger partial charge in [0.05, 0.1) is 12.2 Å². The smallest absolute Gasteiger partial charge is 0.237 e. The topological polar surface area (TPSA) is 34.1 Å². The predicted octanol–water partition coefficient (Wildman–Crippen LogP) is 1.05. The van der Waals surface area contributed by atoms with Crippen molar-refractivity contribution in [3.63, 3.8) is 0 Å².